The van der Waals surface area contributed by atoms with Crippen molar-refractivity contribution >= 4 is 6.29 Å². The van der Waals surface area contributed by atoms with E-state index in [0.29, 0.717) is 5.41 Å². The van der Waals surface area contributed by atoms with Gasteiger partial charge in [-0.05, 0) is 37.0 Å². The average Bonchev–Trinajstić information content (AvgIpc) is 2.57. The van der Waals surface area contributed by atoms with Crippen LogP contribution in [0.5, 0.6) is 0 Å². The molecule has 0 aromatic carbocycles. The molecule has 1 atom stereocenters. The molecule has 1 nitrogen and oxygen atoms in total. The Morgan fingerprint density at radius 2 is 2.20 bits per heavy atom. The summed E-state index contributed by atoms with van der Waals surface area (Å²) in [6.07, 6.45) is 8.86. The summed E-state index contributed by atoms with van der Waals surface area (Å²) in [5.41, 5.74) is 0.681. The van der Waals surface area contributed by atoms with Crippen molar-refractivity contribution in [2.45, 2.75) is 38.5 Å². The first-order valence-corrected chi connectivity index (χ1v) is 4.31. The zero-order chi connectivity index (χ0) is 7.03. The molecule has 10 heavy (non-hydrogen) atoms. The summed E-state index contributed by atoms with van der Waals surface area (Å²) in [7, 11) is 0. The van der Waals surface area contributed by atoms with Crippen LogP contribution in [-0.4, -0.2) is 6.29 Å². The van der Waals surface area contributed by atoms with E-state index in [0.717, 1.165) is 18.6 Å². The van der Waals surface area contributed by atoms with Crippen molar-refractivity contribution in [2.24, 2.45) is 11.3 Å². The lowest BCUT2D eigenvalue weighted by Gasteiger charge is -2.13. The van der Waals surface area contributed by atoms with Gasteiger partial charge in [-0.2, -0.15) is 0 Å². The SMILES string of the molecule is O=CCC1CCCC12CC2. The third-order valence-corrected chi connectivity index (χ3v) is 3.37. The predicted molar refractivity (Wildman–Crippen MR) is 39.7 cm³/mol. The Kier molecular flexibility index (Phi) is 1.33. The maximum absolute atomic E-state index is 10.3. The quantitative estimate of drug-likeness (QED) is 0.534. The van der Waals surface area contributed by atoms with E-state index in [2.05, 4.69) is 0 Å². The van der Waals surface area contributed by atoms with Gasteiger partial charge in [0.1, 0.15) is 6.29 Å². The van der Waals surface area contributed by atoms with Gasteiger partial charge < -0.3 is 4.79 Å². The molecule has 1 heteroatoms. The van der Waals surface area contributed by atoms with Crippen LogP contribution in [0.4, 0.5) is 0 Å². The van der Waals surface area contributed by atoms with Crippen LogP contribution in [0.1, 0.15) is 38.5 Å². The summed E-state index contributed by atoms with van der Waals surface area (Å²) in [6, 6.07) is 0. The average molecular weight is 138 g/mol. The molecule has 0 amide bonds. The van der Waals surface area contributed by atoms with Crippen LogP contribution in [0.2, 0.25) is 0 Å². The van der Waals surface area contributed by atoms with E-state index in [1.807, 2.05) is 0 Å². The molecule has 0 aromatic rings. The van der Waals surface area contributed by atoms with E-state index in [-0.39, 0.29) is 0 Å². The second kappa shape index (κ2) is 2.08. The largest absolute Gasteiger partial charge is 0.303 e. The smallest absolute Gasteiger partial charge is 0.120 e. The van der Waals surface area contributed by atoms with Crippen LogP contribution in [0.25, 0.3) is 0 Å². The Morgan fingerprint density at radius 1 is 1.40 bits per heavy atom. The third kappa shape index (κ3) is 0.799. The zero-order valence-electron chi connectivity index (χ0n) is 6.31. The van der Waals surface area contributed by atoms with Crippen molar-refractivity contribution in [3.8, 4) is 0 Å². The Balaban J connectivity index is 2.00. The van der Waals surface area contributed by atoms with E-state index in [4.69, 9.17) is 0 Å². The Morgan fingerprint density at radius 3 is 2.80 bits per heavy atom. The van der Waals surface area contributed by atoms with Crippen LogP contribution in [-0.2, 0) is 4.79 Å². The topological polar surface area (TPSA) is 17.1 Å². The minimum absolute atomic E-state index is 0.681. The zero-order valence-corrected chi connectivity index (χ0v) is 6.31. The van der Waals surface area contributed by atoms with Crippen molar-refractivity contribution in [3.63, 3.8) is 0 Å². The van der Waals surface area contributed by atoms with Gasteiger partial charge in [-0.1, -0.05) is 6.42 Å². The molecule has 1 spiro atoms. The number of rotatable bonds is 2. The van der Waals surface area contributed by atoms with Gasteiger partial charge in [0, 0.05) is 6.42 Å². The highest BCUT2D eigenvalue weighted by Gasteiger charge is 2.51. The van der Waals surface area contributed by atoms with Gasteiger partial charge in [0.15, 0.2) is 0 Å². The van der Waals surface area contributed by atoms with Crippen LogP contribution in [0, 0.1) is 11.3 Å². The minimum atomic E-state index is 0.681. The monoisotopic (exact) mass is 138 g/mol. The Hall–Kier alpha value is -0.330. The van der Waals surface area contributed by atoms with Gasteiger partial charge >= 0.3 is 0 Å². The van der Waals surface area contributed by atoms with Gasteiger partial charge in [0.25, 0.3) is 0 Å². The maximum atomic E-state index is 10.3. The number of carbonyl (C=O) groups is 1. The second-order valence-electron chi connectivity index (χ2n) is 3.85. The molecule has 1 unspecified atom stereocenters. The van der Waals surface area contributed by atoms with Gasteiger partial charge in [0.2, 0.25) is 0 Å². The van der Waals surface area contributed by atoms with Gasteiger partial charge in [-0.3, -0.25) is 0 Å². The first kappa shape index (κ1) is 6.38. The lowest BCUT2D eigenvalue weighted by Crippen LogP contribution is -2.08. The summed E-state index contributed by atoms with van der Waals surface area (Å²) >= 11 is 0. The molecule has 0 bridgehead atoms. The highest BCUT2D eigenvalue weighted by Crippen LogP contribution is 2.61. The van der Waals surface area contributed by atoms with Gasteiger partial charge in [0.05, 0.1) is 0 Å². The summed E-state index contributed by atoms with van der Waals surface area (Å²) in [6.45, 7) is 0. The van der Waals surface area contributed by atoms with Gasteiger partial charge in [-0.25, -0.2) is 0 Å². The molecular weight excluding hydrogens is 124 g/mol. The fourth-order valence-electron chi connectivity index (χ4n) is 2.51. The van der Waals surface area contributed by atoms with E-state index < -0.39 is 0 Å². The number of hydrogen-bond acceptors (Lipinski definition) is 1. The molecule has 0 saturated heterocycles. The van der Waals surface area contributed by atoms with Crippen molar-refractivity contribution in [1.82, 2.24) is 0 Å². The molecular formula is C9H14O. The molecule has 2 aliphatic rings. The Labute approximate surface area is 61.8 Å². The van der Waals surface area contributed by atoms with Crippen molar-refractivity contribution in [1.29, 1.82) is 0 Å². The molecule has 2 rings (SSSR count). The summed E-state index contributed by atoms with van der Waals surface area (Å²) in [4.78, 5) is 10.3. The van der Waals surface area contributed by atoms with Crippen molar-refractivity contribution in [2.75, 3.05) is 0 Å². The lowest BCUT2D eigenvalue weighted by atomic mass is 9.91. The molecule has 0 N–H and O–H groups in total. The summed E-state index contributed by atoms with van der Waals surface area (Å²) < 4.78 is 0. The highest BCUT2D eigenvalue weighted by atomic mass is 16.1. The fourth-order valence-corrected chi connectivity index (χ4v) is 2.51. The third-order valence-electron chi connectivity index (χ3n) is 3.37. The van der Waals surface area contributed by atoms with E-state index >= 15 is 0 Å². The molecule has 0 heterocycles. The summed E-state index contributed by atoms with van der Waals surface area (Å²) in [5, 5.41) is 0. The molecule has 2 saturated carbocycles. The van der Waals surface area contributed by atoms with Gasteiger partial charge in [-0.15, -0.1) is 0 Å². The standard InChI is InChI=1S/C9H14O/c10-7-3-8-2-1-4-9(8)5-6-9/h7-8H,1-6H2. The van der Waals surface area contributed by atoms with Crippen LogP contribution in [0.3, 0.4) is 0 Å². The lowest BCUT2D eigenvalue weighted by molar-refractivity contribution is -0.108. The summed E-state index contributed by atoms with van der Waals surface area (Å²) in [5.74, 6) is 0.769. The van der Waals surface area contributed by atoms with Crippen LogP contribution < -0.4 is 0 Å². The molecule has 0 aromatic heterocycles. The molecule has 2 fully saturated rings. The van der Waals surface area contributed by atoms with E-state index in [1.54, 1.807) is 0 Å². The molecule has 0 aliphatic heterocycles. The van der Waals surface area contributed by atoms with Crippen LogP contribution in [0.15, 0.2) is 0 Å². The number of carbonyl (C=O) groups excluding carboxylic acids is 1. The number of hydrogen-bond donors (Lipinski definition) is 0. The first-order valence-electron chi connectivity index (χ1n) is 4.31. The second-order valence-corrected chi connectivity index (χ2v) is 3.85. The maximum Gasteiger partial charge on any atom is 0.120 e. The minimum Gasteiger partial charge on any atom is -0.303 e. The molecule has 2 aliphatic carbocycles. The van der Waals surface area contributed by atoms with Crippen LogP contribution >= 0.6 is 0 Å². The Bertz CT molecular complexity index is 147. The molecule has 0 radical (unpaired) electrons. The van der Waals surface area contributed by atoms with E-state index in [1.165, 1.54) is 32.1 Å². The number of aldehydes is 1. The molecule has 56 valence electrons. The van der Waals surface area contributed by atoms with Crippen molar-refractivity contribution in [3.05, 3.63) is 0 Å². The predicted octanol–water partition coefficient (Wildman–Crippen LogP) is 2.16. The van der Waals surface area contributed by atoms with E-state index in [9.17, 15) is 4.79 Å². The van der Waals surface area contributed by atoms with Crippen molar-refractivity contribution < 1.29 is 4.79 Å². The first-order chi connectivity index (χ1) is 4.87. The normalized spacial score (nSPS) is 34.6. The highest BCUT2D eigenvalue weighted by molar-refractivity contribution is 5.50. The fraction of sp³-hybridized carbons (Fsp3) is 0.889.